The lowest BCUT2D eigenvalue weighted by molar-refractivity contribution is -0.123. The predicted octanol–water partition coefficient (Wildman–Crippen LogP) is 20.8. The summed E-state index contributed by atoms with van der Waals surface area (Å²) in [5, 5.41) is 23.2. The first-order chi connectivity index (χ1) is 34.2. The predicted molar refractivity (Wildman–Crippen MR) is 308 cm³/mol. The van der Waals surface area contributed by atoms with E-state index in [1.54, 1.807) is 6.08 Å². The van der Waals surface area contributed by atoms with Crippen LogP contribution in [0.25, 0.3) is 0 Å². The smallest absolute Gasteiger partial charge is 0.220 e. The van der Waals surface area contributed by atoms with Gasteiger partial charge in [-0.05, 0) is 70.6 Å². The molecule has 0 bridgehead atoms. The number of aliphatic hydroxyl groups excluding tert-OH is 2. The van der Waals surface area contributed by atoms with E-state index in [0.717, 1.165) is 44.9 Å². The van der Waals surface area contributed by atoms with Gasteiger partial charge in [-0.15, -0.1) is 0 Å². The highest BCUT2D eigenvalue weighted by Crippen LogP contribution is 2.17. The third kappa shape index (κ3) is 56.9. The van der Waals surface area contributed by atoms with Crippen LogP contribution >= 0.6 is 0 Å². The molecule has 404 valence electrons. The van der Waals surface area contributed by atoms with E-state index in [1.807, 2.05) is 6.08 Å². The van der Waals surface area contributed by atoms with Crippen molar-refractivity contribution in [2.45, 2.75) is 341 Å². The van der Waals surface area contributed by atoms with Crippen molar-refractivity contribution in [2.75, 3.05) is 6.61 Å². The summed E-state index contributed by atoms with van der Waals surface area (Å²) in [6.45, 7) is 4.31. The lowest BCUT2D eigenvalue weighted by Crippen LogP contribution is -2.45. The van der Waals surface area contributed by atoms with E-state index in [2.05, 4.69) is 67.8 Å². The van der Waals surface area contributed by atoms with Gasteiger partial charge in [0.05, 0.1) is 18.8 Å². The second-order valence-corrected chi connectivity index (χ2v) is 21.1. The van der Waals surface area contributed by atoms with Gasteiger partial charge >= 0.3 is 0 Å². The number of carbonyl (C=O) groups is 1. The molecule has 1 amide bonds. The average Bonchev–Trinajstić information content (AvgIpc) is 3.35. The van der Waals surface area contributed by atoms with E-state index in [0.29, 0.717) is 6.42 Å². The van der Waals surface area contributed by atoms with E-state index >= 15 is 0 Å². The normalized spacial score (nSPS) is 13.2. The molecular weight excluding hydrogens is 843 g/mol. The Morgan fingerprint density at radius 3 is 0.942 bits per heavy atom. The van der Waals surface area contributed by atoms with Crippen LogP contribution in [0.15, 0.2) is 60.8 Å². The number of nitrogens with one attached hydrogen (secondary N) is 1. The fourth-order valence-electron chi connectivity index (χ4n) is 9.50. The zero-order valence-corrected chi connectivity index (χ0v) is 46.6. The Balaban J connectivity index is 3.48. The molecule has 4 nitrogen and oxygen atoms in total. The van der Waals surface area contributed by atoms with Crippen LogP contribution < -0.4 is 5.32 Å². The van der Waals surface area contributed by atoms with Crippen molar-refractivity contribution in [1.29, 1.82) is 0 Å². The van der Waals surface area contributed by atoms with Crippen LogP contribution in [0.1, 0.15) is 328 Å². The van der Waals surface area contributed by atoms with Crippen molar-refractivity contribution >= 4 is 5.91 Å². The Bertz CT molecular complexity index is 1140. The van der Waals surface area contributed by atoms with Gasteiger partial charge in [-0.25, -0.2) is 0 Å². The summed E-state index contributed by atoms with van der Waals surface area (Å²) in [5.74, 6) is -0.0693. The maximum atomic E-state index is 12.5. The molecule has 0 aromatic heterocycles. The van der Waals surface area contributed by atoms with Gasteiger partial charge in [-0.3, -0.25) is 4.79 Å². The molecule has 0 aliphatic heterocycles. The zero-order chi connectivity index (χ0) is 49.9. The number of allylic oxidation sites excluding steroid dienone is 9. The van der Waals surface area contributed by atoms with Crippen molar-refractivity contribution < 1.29 is 15.0 Å². The highest BCUT2D eigenvalue weighted by molar-refractivity contribution is 5.76. The Kier molecular flexibility index (Phi) is 58.7. The van der Waals surface area contributed by atoms with Gasteiger partial charge in [0.15, 0.2) is 0 Å². The number of amides is 1. The molecule has 0 rings (SSSR count). The van der Waals surface area contributed by atoms with Gasteiger partial charge in [-0.2, -0.15) is 0 Å². The minimum Gasteiger partial charge on any atom is -0.394 e. The monoisotopic (exact) mass is 964 g/mol. The summed E-state index contributed by atoms with van der Waals surface area (Å²) >= 11 is 0. The Hall–Kier alpha value is -1.91. The first-order valence-corrected chi connectivity index (χ1v) is 31.0. The number of hydrogen-bond donors (Lipinski definition) is 3. The minimum absolute atomic E-state index is 0.0693. The Morgan fingerprint density at radius 1 is 0.348 bits per heavy atom. The molecule has 0 saturated heterocycles. The van der Waals surface area contributed by atoms with Crippen LogP contribution in [0.4, 0.5) is 0 Å². The highest BCUT2D eigenvalue weighted by atomic mass is 16.3. The van der Waals surface area contributed by atoms with Gasteiger partial charge in [0.25, 0.3) is 0 Å². The molecule has 3 N–H and O–H groups in total. The quantitative estimate of drug-likeness (QED) is 0.0420. The lowest BCUT2D eigenvalue weighted by Gasteiger charge is -2.19. The van der Waals surface area contributed by atoms with Gasteiger partial charge in [0.2, 0.25) is 5.91 Å². The maximum absolute atomic E-state index is 12.5. The standard InChI is InChI=1S/C65H121NO3/c1-3-5-7-9-11-13-15-17-19-21-23-25-27-28-29-30-31-32-33-34-35-36-37-38-39-41-43-45-47-49-51-53-55-57-59-61-65(69)66-63(62-67)64(68)60-58-56-54-52-50-48-46-44-42-40-26-24-22-20-18-16-14-12-10-8-6-4-2/h15,17,21,23,27-28,50,52,58,60,63-64,67-68H,3-14,16,18-20,22,24-26,29-49,51,53-57,59,61-62H2,1-2H3,(H,66,69)/b17-15-,23-21-,28-27-,52-50+,60-58+. The van der Waals surface area contributed by atoms with Gasteiger partial charge in [0.1, 0.15) is 0 Å². The third-order valence-corrected chi connectivity index (χ3v) is 14.2. The molecule has 2 atom stereocenters. The number of rotatable bonds is 57. The zero-order valence-electron chi connectivity index (χ0n) is 46.6. The van der Waals surface area contributed by atoms with Crippen LogP contribution in [0.3, 0.4) is 0 Å². The number of carbonyl (C=O) groups excluding carboxylic acids is 1. The van der Waals surface area contributed by atoms with Crippen LogP contribution in [-0.2, 0) is 4.79 Å². The molecule has 0 heterocycles. The molecule has 0 aromatic rings. The lowest BCUT2D eigenvalue weighted by atomic mass is 10.0. The van der Waals surface area contributed by atoms with Crippen molar-refractivity contribution in [3.63, 3.8) is 0 Å². The van der Waals surface area contributed by atoms with Gasteiger partial charge in [-0.1, -0.05) is 312 Å². The molecule has 0 radical (unpaired) electrons. The van der Waals surface area contributed by atoms with Crippen LogP contribution in [0.5, 0.6) is 0 Å². The third-order valence-electron chi connectivity index (χ3n) is 14.2. The van der Waals surface area contributed by atoms with Gasteiger partial charge in [0, 0.05) is 6.42 Å². The summed E-state index contributed by atoms with van der Waals surface area (Å²) < 4.78 is 0. The van der Waals surface area contributed by atoms with Crippen molar-refractivity contribution in [1.82, 2.24) is 5.32 Å². The molecule has 4 heteroatoms. The Morgan fingerprint density at radius 2 is 0.609 bits per heavy atom. The summed E-state index contributed by atoms with van der Waals surface area (Å²) in [6, 6.07) is -0.640. The summed E-state index contributed by atoms with van der Waals surface area (Å²) in [6.07, 6.45) is 85.5. The molecule has 0 aromatic carbocycles. The first kappa shape index (κ1) is 67.1. The fourth-order valence-corrected chi connectivity index (χ4v) is 9.50. The van der Waals surface area contributed by atoms with Crippen molar-refractivity contribution in [3.05, 3.63) is 60.8 Å². The average molecular weight is 965 g/mol. The SMILES string of the molecule is CCCCCCC/C=C\C/C=C\C/C=C\CCCCCCCCCCCCCCCCCCCCCCC(=O)NC(CO)C(O)/C=C/CC/C=C/CCCCCCCCCCCCCCCCCC. The largest absolute Gasteiger partial charge is 0.394 e. The molecule has 0 aliphatic carbocycles. The fraction of sp³-hybridized carbons (Fsp3) is 0.831. The summed E-state index contributed by atoms with van der Waals surface area (Å²) in [5.41, 5.74) is 0. The molecule has 69 heavy (non-hydrogen) atoms. The summed E-state index contributed by atoms with van der Waals surface area (Å²) in [7, 11) is 0. The summed E-state index contributed by atoms with van der Waals surface area (Å²) in [4.78, 5) is 12.5. The van der Waals surface area contributed by atoms with E-state index in [1.165, 1.54) is 263 Å². The van der Waals surface area contributed by atoms with E-state index in [9.17, 15) is 15.0 Å². The number of aliphatic hydroxyl groups is 2. The van der Waals surface area contributed by atoms with Crippen molar-refractivity contribution in [2.24, 2.45) is 0 Å². The molecule has 0 saturated carbocycles. The Labute approximate surface area is 432 Å². The number of unbranched alkanes of at least 4 members (excludes halogenated alkanes) is 42. The van der Waals surface area contributed by atoms with Crippen LogP contribution in [-0.4, -0.2) is 34.9 Å². The van der Waals surface area contributed by atoms with Gasteiger partial charge < -0.3 is 15.5 Å². The molecule has 0 aliphatic rings. The molecule has 2 unspecified atom stereocenters. The highest BCUT2D eigenvalue weighted by Gasteiger charge is 2.18. The first-order valence-electron chi connectivity index (χ1n) is 31.0. The maximum Gasteiger partial charge on any atom is 0.220 e. The topological polar surface area (TPSA) is 69.6 Å². The van der Waals surface area contributed by atoms with Crippen molar-refractivity contribution in [3.8, 4) is 0 Å². The second kappa shape index (κ2) is 60.4. The number of hydrogen-bond acceptors (Lipinski definition) is 3. The molecular formula is C65H121NO3. The van der Waals surface area contributed by atoms with E-state index in [4.69, 9.17) is 0 Å². The molecule has 0 spiro atoms. The van der Waals surface area contributed by atoms with Crippen LogP contribution in [0, 0.1) is 0 Å². The second-order valence-electron chi connectivity index (χ2n) is 21.1. The van der Waals surface area contributed by atoms with E-state index < -0.39 is 12.1 Å². The minimum atomic E-state index is -0.864. The van der Waals surface area contributed by atoms with E-state index in [-0.39, 0.29) is 12.5 Å². The molecule has 0 fully saturated rings. The van der Waals surface area contributed by atoms with Crippen LogP contribution in [0.2, 0.25) is 0 Å².